The Morgan fingerprint density at radius 2 is 1.50 bits per heavy atom. The molecule has 0 aromatic heterocycles. The molecule has 0 aliphatic carbocycles. The van der Waals surface area contributed by atoms with Gasteiger partial charge in [-0.05, 0) is 12.3 Å². The van der Waals surface area contributed by atoms with Crippen LogP contribution < -0.4 is 0 Å². The number of benzene rings is 1. The lowest BCUT2D eigenvalue weighted by Crippen LogP contribution is -2.40. The van der Waals surface area contributed by atoms with Crippen molar-refractivity contribution < 1.29 is 9.59 Å². The molecular formula is C16H22O2. The normalized spacial score (nSPS) is 12.3. The quantitative estimate of drug-likeness (QED) is 0.738. The van der Waals surface area contributed by atoms with Crippen molar-refractivity contribution in [2.45, 2.75) is 41.0 Å². The van der Waals surface area contributed by atoms with Crippen LogP contribution in [-0.4, -0.2) is 11.6 Å². The van der Waals surface area contributed by atoms with Crippen molar-refractivity contribution in [3.05, 3.63) is 35.9 Å². The van der Waals surface area contributed by atoms with Crippen LogP contribution in [0.3, 0.4) is 0 Å². The van der Waals surface area contributed by atoms with Crippen molar-refractivity contribution in [1.82, 2.24) is 0 Å². The summed E-state index contributed by atoms with van der Waals surface area (Å²) in [5.41, 5.74) is -0.217. The Morgan fingerprint density at radius 1 is 1.00 bits per heavy atom. The molecule has 18 heavy (non-hydrogen) atoms. The molecule has 0 aliphatic heterocycles. The maximum atomic E-state index is 12.6. The van der Waals surface area contributed by atoms with Crippen LogP contribution >= 0.6 is 0 Å². The first-order valence-corrected chi connectivity index (χ1v) is 6.28. The van der Waals surface area contributed by atoms with E-state index in [0.717, 1.165) is 0 Å². The third kappa shape index (κ3) is 2.87. The second-order valence-corrected chi connectivity index (χ2v) is 6.08. The molecule has 0 N–H and O–H groups in total. The highest BCUT2D eigenvalue weighted by Gasteiger charge is 2.43. The number of hydrogen-bond acceptors (Lipinski definition) is 2. The van der Waals surface area contributed by atoms with E-state index in [1.165, 1.54) is 0 Å². The van der Waals surface area contributed by atoms with Gasteiger partial charge in [-0.1, -0.05) is 58.0 Å². The molecule has 0 aliphatic rings. The van der Waals surface area contributed by atoms with E-state index in [4.69, 9.17) is 0 Å². The topological polar surface area (TPSA) is 34.1 Å². The molecule has 1 aromatic carbocycles. The molecule has 0 atom stereocenters. The Morgan fingerprint density at radius 3 is 1.94 bits per heavy atom. The van der Waals surface area contributed by atoms with Gasteiger partial charge in [-0.3, -0.25) is 4.79 Å². The van der Waals surface area contributed by atoms with Crippen molar-refractivity contribution in [2.24, 2.45) is 10.8 Å². The second-order valence-electron chi connectivity index (χ2n) is 6.08. The molecule has 0 heterocycles. The van der Waals surface area contributed by atoms with E-state index in [0.29, 0.717) is 12.0 Å². The molecule has 0 saturated carbocycles. The molecular weight excluding hydrogens is 224 g/mol. The van der Waals surface area contributed by atoms with E-state index >= 15 is 0 Å². The van der Waals surface area contributed by atoms with E-state index < -0.39 is 5.41 Å². The second kappa shape index (κ2) is 5.05. The van der Waals surface area contributed by atoms with Gasteiger partial charge in [0.05, 0.1) is 0 Å². The summed E-state index contributed by atoms with van der Waals surface area (Å²) in [6.45, 7) is 9.38. The van der Waals surface area contributed by atoms with Gasteiger partial charge in [0, 0.05) is 17.4 Å². The molecule has 0 unspecified atom stereocenters. The van der Waals surface area contributed by atoms with Crippen molar-refractivity contribution >= 4 is 11.6 Å². The largest absolute Gasteiger partial charge is 0.300 e. The van der Waals surface area contributed by atoms with Crippen LogP contribution in [0, 0.1) is 10.8 Å². The first kappa shape index (κ1) is 14.6. The summed E-state index contributed by atoms with van der Waals surface area (Å²) in [6.07, 6.45) is 0.415. The summed E-state index contributed by atoms with van der Waals surface area (Å²) in [4.78, 5) is 23.9. The lowest BCUT2D eigenvalue weighted by atomic mass is 9.62. The minimum absolute atomic E-state index is 0.0920. The number of carbonyl (C=O) groups excluding carboxylic acids is 2. The maximum absolute atomic E-state index is 12.6. The van der Waals surface area contributed by atoms with Gasteiger partial charge < -0.3 is 4.79 Å². The number of ketones is 2. The Bertz CT molecular complexity index is 441. The van der Waals surface area contributed by atoms with Gasteiger partial charge in [0.15, 0.2) is 5.78 Å². The summed E-state index contributed by atoms with van der Waals surface area (Å²) in [5, 5.41) is 0. The third-order valence-corrected chi connectivity index (χ3v) is 3.99. The minimum atomic E-state index is -0.569. The molecule has 2 nitrogen and oxygen atoms in total. The van der Waals surface area contributed by atoms with E-state index in [2.05, 4.69) is 0 Å². The zero-order valence-electron chi connectivity index (χ0n) is 11.9. The van der Waals surface area contributed by atoms with Crippen molar-refractivity contribution in [3.8, 4) is 0 Å². The standard InChI is InChI=1S/C16H22O2/c1-12(17)11-15(2,3)16(4,5)14(18)13-9-7-6-8-10-13/h6-10H,11H2,1-5H3. The van der Waals surface area contributed by atoms with Gasteiger partial charge in [0.25, 0.3) is 0 Å². The highest BCUT2D eigenvalue weighted by Crippen LogP contribution is 2.43. The fourth-order valence-electron chi connectivity index (χ4n) is 2.10. The molecule has 0 bridgehead atoms. The monoisotopic (exact) mass is 246 g/mol. The Kier molecular flexibility index (Phi) is 4.10. The molecule has 0 fully saturated rings. The lowest BCUT2D eigenvalue weighted by Gasteiger charge is -2.40. The predicted molar refractivity (Wildman–Crippen MR) is 73.6 cm³/mol. The highest BCUT2D eigenvalue weighted by molar-refractivity contribution is 6.00. The van der Waals surface area contributed by atoms with Gasteiger partial charge in [-0.15, -0.1) is 0 Å². The average Bonchev–Trinajstić information content (AvgIpc) is 2.27. The SMILES string of the molecule is CC(=O)CC(C)(C)C(C)(C)C(=O)c1ccccc1. The fourth-order valence-corrected chi connectivity index (χ4v) is 2.10. The Balaban J connectivity index is 3.06. The van der Waals surface area contributed by atoms with Crippen LogP contribution in [0.25, 0.3) is 0 Å². The molecule has 2 heteroatoms. The number of hydrogen-bond donors (Lipinski definition) is 0. The van der Waals surface area contributed by atoms with Gasteiger partial charge in [0.1, 0.15) is 5.78 Å². The van der Waals surface area contributed by atoms with Gasteiger partial charge >= 0.3 is 0 Å². The van der Waals surface area contributed by atoms with Gasteiger partial charge in [-0.2, -0.15) is 0 Å². The van der Waals surface area contributed by atoms with E-state index in [1.54, 1.807) is 6.92 Å². The number of rotatable bonds is 5. The third-order valence-electron chi connectivity index (χ3n) is 3.99. The fraction of sp³-hybridized carbons (Fsp3) is 0.500. The van der Waals surface area contributed by atoms with Gasteiger partial charge in [0.2, 0.25) is 0 Å². The molecule has 0 spiro atoms. The molecule has 0 amide bonds. The minimum Gasteiger partial charge on any atom is -0.300 e. The average molecular weight is 246 g/mol. The molecule has 1 aromatic rings. The maximum Gasteiger partial charge on any atom is 0.168 e. The number of Topliss-reactive ketones (excluding diaryl/α,β-unsaturated/α-hetero) is 2. The summed E-state index contributed by atoms with van der Waals surface area (Å²) < 4.78 is 0. The van der Waals surface area contributed by atoms with Crippen LogP contribution in [0.2, 0.25) is 0 Å². The first-order chi connectivity index (χ1) is 8.18. The highest BCUT2D eigenvalue weighted by atomic mass is 16.1. The molecule has 0 radical (unpaired) electrons. The van der Waals surface area contributed by atoms with Crippen LogP contribution in [0.15, 0.2) is 30.3 Å². The van der Waals surface area contributed by atoms with Crippen LogP contribution in [0.1, 0.15) is 51.4 Å². The zero-order valence-corrected chi connectivity index (χ0v) is 11.9. The van der Waals surface area contributed by atoms with Crippen LogP contribution in [-0.2, 0) is 4.79 Å². The van der Waals surface area contributed by atoms with Crippen molar-refractivity contribution in [2.75, 3.05) is 0 Å². The molecule has 98 valence electrons. The summed E-state index contributed by atoms with van der Waals surface area (Å²) >= 11 is 0. The Hall–Kier alpha value is -1.44. The molecule has 0 saturated heterocycles. The zero-order chi connectivity index (χ0) is 14.0. The molecule has 1 rings (SSSR count). The predicted octanol–water partition coefficient (Wildman–Crippen LogP) is 3.90. The van der Waals surface area contributed by atoms with E-state index in [9.17, 15) is 9.59 Å². The van der Waals surface area contributed by atoms with Gasteiger partial charge in [-0.25, -0.2) is 0 Å². The first-order valence-electron chi connectivity index (χ1n) is 6.28. The smallest absolute Gasteiger partial charge is 0.168 e. The van der Waals surface area contributed by atoms with E-state index in [-0.39, 0.29) is 17.0 Å². The summed E-state index contributed by atoms with van der Waals surface area (Å²) in [6, 6.07) is 9.27. The summed E-state index contributed by atoms with van der Waals surface area (Å²) in [7, 11) is 0. The summed E-state index contributed by atoms with van der Waals surface area (Å²) in [5.74, 6) is 0.211. The lowest BCUT2D eigenvalue weighted by molar-refractivity contribution is -0.120. The Labute approximate surface area is 109 Å². The van der Waals surface area contributed by atoms with Crippen LogP contribution in [0.5, 0.6) is 0 Å². The van der Waals surface area contributed by atoms with Crippen LogP contribution in [0.4, 0.5) is 0 Å². The van der Waals surface area contributed by atoms with E-state index in [1.807, 2.05) is 58.0 Å². The van der Waals surface area contributed by atoms with Crippen molar-refractivity contribution in [1.29, 1.82) is 0 Å². The van der Waals surface area contributed by atoms with Crippen molar-refractivity contribution in [3.63, 3.8) is 0 Å². The number of carbonyl (C=O) groups is 2.